The van der Waals surface area contributed by atoms with Crippen molar-refractivity contribution in [2.24, 2.45) is 5.84 Å². The van der Waals surface area contributed by atoms with E-state index in [1.54, 1.807) is 13.2 Å². The van der Waals surface area contributed by atoms with Gasteiger partial charge in [0.15, 0.2) is 0 Å². The van der Waals surface area contributed by atoms with Gasteiger partial charge in [0, 0.05) is 13.2 Å². The van der Waals surface area contributed by atoms with E-state index in [0.29, 0.717) is 0 Å². The summed E-state index contributed by atoms with van der Waals surface area (Å²) >= 11 is 3.10. The van der Waals surface area contributed by atoms with Crippen LogP contribution in [-0.4, -0.2) is 7.05 Å². The van der Waals surface area contributed by atoms with Crippen molar-refractivity contribution in [1.29, 1.82) is 0 Å². The molecule has 0 saturated heterocycles. The molecule has 0 amide bonds. The van der Waals surface area contributed by atoms with Crippen LogP contribution >= 0.6 is 15.9 Å². The van der Waals surface area contributed by atoms with Crippen molar-refractivity contribution in [3.05, 3.63) is 10.8 Å². The molecule has 0 aliphatic heterocycles. The lowest BCUT2D eigenvalue weighted by Crippen LogP contribution is -2.18. The lowest BCUT2D eigenvalue weighted by atomic mass is 10.9. The molecule has 4 N–H and O–H groups in total. The molecular formula is C3H8BrN3. The fraction of sp³-hybridized carbons (Fsp3) is 0.333. The minimum absolute atomic E-state index is 0.731. The van der Waals surface area contributed by atoms with Crippen molar-refractivity contribution in [3.8, 4) is 0 Å². The Bertz CT molecular complexity index is 70.6. The normalized spacial score (nSPS) is 11.0. The highest BCUT2D eigenvalue weighted by Crippen LogP contribution is 1.92. The quantitative estimate of drug-likeness (QED) is 0.304. The molecule has 7 heavy (non-hydrogen) atoms. The lowest BCUT2D eigenvalue weighted by molar-refractivity contribution is 0.929. The van der Waals surface area contributed by atoms with E-state index in [-0.39, 0.29) is 0 Å². The number of rotatable bonds is 2. The Kier molecular flexibility index (Phi) is 3.83. The van der Waals surface area contributed by atoms with Gasteiger partial charge in [-0.05, 0) is 15.9 Å². The van der Waals surface area contributed by atoms with E-state index in [1.165, 1.54) is 0 Å². The zero-order chi connectivity index (χ0) is 5.70. The van der Waals surface area contributed by atoms with Gasteiger partial charge < -0.3 is 10.7 Å². The standard InChI is InChI=1S/C3H8BrN3/c1-6-2-3(4)7-5/h2,6-7H,5H2,1H3/b3-2-. The van der Waals surface area contributed by atoms with Gasteiger partial charge in [0.05, 0.1) is 0 Å². The maximum absolute atomic E-state index is 4.95. The SMILES string of the molecule is CN/C=C(/Br)NN. The van der Waals surface area contributed by atoms with Gasteiger partial charge in [0.2, 0.25) is 0 Å². The number of halogens is 1. The first-order valence-corrected chi connectivity index (χ1v) is 2.60. The van der Waals surface area contributed by atoms with Crippen LogP contribution in [0.2, 0.25) is 0 Å². The van der Waals surface area contributed by atoms with Crippen molar-refractivity contribution < 1.29 is 0 Å². The Morgan fingerprint density at radius 3 is 2.57 bits per heavy atom. The topological polar surface area (TPSA) is 50.1 Å². The van der Waals surface area contributed by atoms with Gasteiger partial charge in [0.25, 0.3) is 0 Å². The van der Waals surface area contributed by atoms with Crippen LogP contribution < -0.4 is 16.6 Å². The molecule has 0 fully saturated rings. The van der Waals surface area contributed by atoms with Gasteiger partial charge in [0.1, 0.15) is 4.61 Å². The fourth-order valence-electron chi connectivity index (χ4n) is 0.168. The highest BCUT2D eigenvalue weighted by molar-refractivity contribution is 9.11. The highest BCUT2D eigenvalue weighted by Gasteiger charge is 1.76. The third-order valence-electron chi connectivity index (χ3n) is 0.409. The van der Waals surface area contributed by atoms with Crippen molar-refractivity contribution in [3.63, 3.8) is 0 Å². The number of hydrogen-bond donors (Lipinski definition) is 3. The second-order valence-corrected chi connectivity index (χ2v) is 1.78. The molecule has 0 spiro atoms. The van der Waals surface area contributed by atoms with Crippen LogP contribution in [0.15, 0.2) is 10.8 Å². The summed E-state index contributed by atoms with van der Waals surface area (Å²) in [5.74, 6) is 4.95. The maximum Gasteiger partial charge on any atom is 0.108 e. The van der Waals surface area contributed by atoms with E-state index >= 15 is 0 Å². The van der Waals surface area contributed by atoms with Gasteiger partial charge in [-0.2, -0.15) is 0 Å². The van der Waals surface area contributed by atoms with E-state index in [9.17, 15) is 0 Å². The molecule has 4 heteroatoms. The van der Waals surface area contributed by atoms with Gasteiger partial charge in [-0.3, -0.25) is 0 Å². The minimum atomic E-state index is 0.731. The van der Waals surface area contributed by atoms with Gasteiger partial charge in [-0.1, -0.05) is 0 Å². The van der Waals surface area contributed by atoms with E-state index in [2.05, 4.69) is 26.7 Å². The van der Waals surface area contributed by atoms with E-state index in [1.807, 2.05) is 0 Å². The summed E-state index contributed by atoms with van der Waals surface area (Å²) in [6.07, 6.45) is 1.69. The van der Waals surface area contributed by atoms with Crippen LogP contribution in [0.4, 0.5) is 0 Å². The lowest BCUT2D eigenvalue weighted by Gasteiger charge is -1.92. The zero-order valence-electron chi connectivity index (χ0n) is 4.03. The second kappa shape index (κ2) is 3.95. The summed E-state index contributed by atoms with van der Waals surface area (Å²) < 4.78 is 0.731. The second-order valence-electron chi connectivity index (χ2n) is 0.925. The van der Waals surface area contributed by atoms with E-state index in [0.717, 1.165) is 4.61 Å². The first kappa shape index (κ1) is 6.78. The number of hydrogen-bond acceptors (Lipinski definition) is 3. The molecular weight excluding hydrogens is 158 g/mol. The first-order chi connectivity index (χ1) is 3.31. The summed E-state index contributed by atoms with van der Waals surface area (Å²) in [6, 6.07) is 0. The molecule has 0 aliphatic rings. The Hall–Kier alpha value is -0.220. The molecule has 3 nitrogen and oxygen atoms in total. The fourth-order valence-corrected chi connectivity index (χ4v) is 0.397. The molecule has 0 saturated carbocycles. The monoisotopic (exact) mass is 165 g/mol. The van der Waals surface area contributed by atoms with Crippen LogP contribution in [0.25, 0.3) is 0 Å². The summed E-state index contributed by atoms with van der Waals surface area (Å²) in [7, 11) is 1.79. The van der Waals surface area contributed by atoms with Crippen molar-refractivity contribution >= 4 is 15.9 Å². The average molecular weight is 166 g/mol. The molecule has 0 aliphatic carbocycles. The number of nitrogens with one attached hydrogen (secondary N) is 2. The van der Waals surface area contributed by atoms with Gasteiger partial charge >= 0.3 is 0 Å². The summed E-state index contributed by atoms with van der Waals surface area (Å²) in [6.45, 7) is 0. The number of nitrogens with two attached hydrogens (primary N) is 1. The van der Waals surface area contributed by atoms with E-state index in [4.69, 9.17) is 5.84 Å². The Balaban J connectivity index is 3.29. The van der Waals surface area contributed by atoms with Crippen LogP contribution in [0.5, 0.6) is 0 Å². The molecule has 0 aromatic heterocycles. The third kappa shape index (κ3) is 3.61. The number of hydrazine groups is 1. The van der Waals surface area contributed by atoms with Crippen molar-refractivity contribution in [2.75, 3.05) is 7.05 Å². The van der Waals surface area contributed by atoms with Crippen LogP contribution in [0.1, 0.15) is 0 Å². The van der Waals surface area contributed by atoms with Crippen LogP contribution in [-0.2, 0) is 0 Å². The molecule has 0 bridgehead atoms. The molecule has 0 heterocycles. The molecule has 0 aromatic rings. The summed E-state index contributed by atoms with van der Waals surface area (Å²) in [5, 5.41) is 2.77. The van der Waals surface area contributed by atoms with Crippen molar-refractivity contribution in [1.82, 2.24) is 10.7 Å². The Morgan fingerprint density at radius 2 is 2.43 bits per heavy atom. The first-order valence-electron chi connectivity index (χ1n) is 1.81. The van der Waals surface area contributed by atoms with Crippen LogP contribution in [0.3, 0.4) is 0 Å². The predicted octanol–water partition coefficient (Wildman–Crippen LogP) is -0.137. The average Bonchev–Trinajstić information content (AvgIpc) is 1.68. The third-order valence-corrected chi connectivity index (χ3v) is 0.867. The molecule has 42 valence electrons. The molecule has 0 aromatic carbocycles. The molecule has 0 rings (SSSR count). The van der Waals surface area contributed by atoms with E-state index < -0.39 is 0 Å². The molecule has 0 unspecified atom stereocenters. The smallest absolute Gasteiger partial charge is 0.108 e. The summed E-state index contributed by atoms with van der Waals surface area (Å²) in [4.78, 5) is 0. The maximum atomic E-state index is 4.95. The van der Waals surface area contributed by atoms with Crippen molar-refractivity contribution in [2.45, 2.75) is 0 Å². The predicted molar refractivity (Wildman–Crippen MR) is 33.4 cm³/mol. The highest BCUT2D eigenvalue weighted by atomic mass is 79.9. The Morgan fingerprint density at radius 1 is 1.86 bits per heavy atom. The summed E-state index contributed by atoms with van der Waals surface area (Å²) in [5.41, 5.74) is 2.38. The molecule has 0 atom stereocenters. The zero-order valence-corrected chi connectivity index (χ0v) is 5.62. The van der Waals surface area contributed by atoms with Gasteiger partial charge in [-0.15, -0.1) is 0 Å². The molecule has 0 radical (unpaired) electrons. The van der Waals surface area contributed by atoms with Gasteiger partial charge in [-0.25, -0.2) is 5.84 Å². The Labute approximate surface area is 51.1 Å². The minimum Gasteiger partial charge on any atom is -0.392 e. The van der Waals surface area contributed by atoms with Crippen LogP contribution in [0, 0.1) is 0 Å². The largest absolute Gasteiger partial charge is 0.392 e.